The highest BCUT2D eigenvalue weighted by Gasteiger charge is 2.26. The number of rotatable bonds is 5. The van der Waals surface area contributed by atoms with Crippen LogP contribution in [-0.4, -0.2) is 19.5 Å². The molecule has 53 heavy (non-hydrogen) atoms. The van der Waals surface area contributed by atoms with E-state index in [1.54, 1.807) is 0 Å². The summed E-state index contributed by atoms with van der Waals surface area (Å²) in [5.41, 5.74) is 11.8. The van der Waals surface area contributed by atoms with E-state index in [2.05, 4.69) is 94.4 Å². The maximum atomic E-state index is 13.9. The fourth-order valence-electron chi connectivity index (χ4n) is 7.66. The number of hydrogen-bond acceptors (Lipinski definition) is 4. The molecule has 0 atom stereocenters. The molecule has 2 aromatic heterocycles. The number of benzene rings is 7. The van der Waals surface area contributed by atoms with Crippen LogP contribution < -0.4 is 4.90 Å². The third-order valence-electron chi connectivity index (χ3n) is 10.2. The van der Waals surface area contributed by atoms with Crippen molar-refractivity contribution >= 4 is 39.1 Å². The van der Waals surface area contributed by atoms with E-state index in [1.165, 1.54) is 23.3 Å². The molecule has 0 spiro atoms. The van der Waals surface area contributed by atoms with Crippen LogP contribution in [0.25, 0.3) is 61.4 Å². The number of fused-ring (bicyclic) bond motifs is 5. The van der Waals surface area contributed by atoms with E-state index in [0.717, 1.165) is 74.0 Å². The van der Waals surface area contributed by atoms with Gasteiger partial charge in [0.05, 0.1) is 22.4 Å². The molecule has 252 valence electrons. The Morgan fingerprint density at radius 3 is 1.77 bits per heavy atom. The SMILES string of the molecule is Fc1ccc(-n2c3ccccc3c3cc(-c4ccc5c(c4)CCc4ccccc4N5c4nc(-c5ccccc5)nc(-c5ccccc5)n4)ccc32)cc1. The maximum Gasteiger partial charge on any atom is 0.238 e. The second-order valence-electron chi connectivity index (χ2n) is 13.4. The second kappa shape index (κ2) is 12.7. The van der Waals surface area contributed by atoms with Gasteiger partial charge in [0, 0.05) is 27.6 Å². The fourth-order valence-corrected chi connectivity index (χ4v) is 7.66. The molecule has 1 aliphatic heterocycles. The highest BCUT2D eigenvalue weighted by atomic mass is 19.1. The third-order valence-corrected chi connectivity index (χ3v) is 10.2. The largest absolute Gasteiger partial charge is 0.309 e. The monoisotopic (exact) mass is 685 g/mol. The minimum atomic E-state index is -0.245. The normalized spacial score (nSPS) is 12.4. The minimum Gasteiger partial charge on any atom is -0.309 e. The zero-order valence-corrected chi connectivity index (χ0v) is 28.7. The van der Waals surface area contributed by atoms with E-state index in [9.17, 15) is 4.39 Å². The summed E-state index contributed by atoms with van der Waals surface area (Å²) in [6, 6.07) is 57.3. The molecule has 0 aliphatic carbocycles. The van der Waals surface area contributed by atoms with Crippen LogP contribution in [0.5, 0.6) is 0 Å². The number of hydrogen-bond donors (Lipinski definition) is 0. The first-order valence-corrected chi connectivity index (χ1v) is 17.9. The lowest BCUT2D eigenvalue weighted by Gasteiger charge is -2.26. The van der Waals surface area contributed by atoms with Crippen molar-refractivity contribution in [3.63, 3.8) is 0 Å². The lowest BCUT2D eigenvalue weighted by Crippen LogP contribution is -2.16. The van der Waals surface area contributed by atoms with Gasteiger partial charge in [-0.1, -0.05) is 109 Å². The second-order valence-corrected chi connectivity index (χ2v) is 13.4. The minimum absolute atomic E-state index is 0.245. The van der Waals surface area contributed by atoms with Gasteiger partial charge in [-0.15, -0.1) is 0 Å². The Morgan fingerprint density at radius 2 is 1.02 bits per heavy atom. The number of halogens is 1. The maximum absolute atomic E-state index is 13.9. The molecule has 10 rings (SSSR count). The Morgan fingerprint density at radius 1 is 0.434 bits per heavy atom. The summed E-state index contributed by atoms with van der Waals surface area (Å²) < 4.78 is 16.1. The molecule has 0 amide bonds. The van der Waals surface area contributed by atoms with Gasteiger partial charge in [0.1, 0.15) is 5.82 Å². The van der Waals surface area contributed by atoms with Crippen molar-refractivity contribution in [3.05, 3.63) is 187 Å². The molecular formula is C47H32FN5. The van der Waals surface area contributed by atoms with Crippen LogP contribution in [-0.2, 0) is 12.8 Å². The first-order valence-electron chi connectivity index (χ1n) is 17.9. The van der Waals surface area contributed by atoms with E-state index in [1.807, 2.05) is 72.8 Å². The highest BCUT2D eigenvalue weighted by Crippen LogP contribution is 2.43. The van der Waals surface area contributed by atoms with E-state index >= 15 is 0 Å². The molecular weight excluding hydrogens is 654 g/mol. The number of aryl methyl sites for hydroxylation is 2. The fraction of sp³-hybridized carbons (Fsp3) is 0.0426. The Bertz CT molecular complexity index is 2740. The molecule has 0 unspecified atom stereocenters. The zero-order chi connectivity index (χ0) is 35.3. The summed E-state index contributed by atoms with van der Waals surface area (Å²) in [6.45, 7) is 0. The van der Waals surface area contributed by atoms with Crippen molar-refractivity contribution in [1.82, 2.24) is 19.5 Å². The van der Waals surface area contributed by atoms with E-state index < -0.39 is 0 Å². The summed E-state index contributed by atoms with van der Waals surface area (Å²) in [4.78, 5) is 17.5. The quantitative estimate of drug-likeness (QED) is 0.181. The number of aromatic nitrogens is 4. The van der Waals surface area contributed by atoms with E-state index in [4.69, 9.17) is 15.0 Å². The first kappa shape index (κ1) is 30.9. The van der Waals surface area contributed by atoms with Crippen molar-refractivity contribution in [3.8, 4) is 39.6 Å². The van der Waals surface area contributed by atoms with Crippen LogP contribution in [0.3, 0.4) is 0 Å². The zero-order valence-electron chi connectivity index (χ0n) is 28.7. The molecule has 0 fully saturated rings. The first-order chi connectivity index (χ1) is 26.2. The van der Waals surface area contributed by atoms with Crippen LogP contribution >= 0.6 is 0 Å². The Kier molecular flexibility index (Phi) is 7.39. The summed E-state index contributed by atoms with van der Waals surface area (Å²) in [7, 11) is 0. The van der Waals surface area contributed by atoms with Gasteiger partial charge in [0.15, 0.2) is 11.6 Å². The van der Waals surface area contributed by atoms with Crippen LogP contribution in [0.4, 0.5) is 21.7 Å². The van der Waals surface area contributed by atoms with Gasteiger partial charge in [-0.05, 0) is 95.8 Å². The van der Waals surface area contributed by atoms with Gasteiger partial charge in [-0.3, -0.25) is 4.90 Å². The molecule has 1 aliphatic rings. The molecule has 0 saturated heterocycles. The molecule has 3 heterocycles. The van der Waals surface area contributed by atoms with Crippen molar-refractivity contribution in [2.45, 2.75) is 12.8 Å². The van der Waals surface area contributed by atoms with Gasteiger partial charge in [-0.25, -0.2) is 9.37 Å². The topological polar surface area (TPSA) is 46.8 Å². The van der Waals surface area contributed by atoms with E-state index in [-0.39, 0.29) is 5.82 Å². The van der Waals surface area contributed by atoms with Crippen LogP contribution in [0.15, 0.2) is 170 Å². The molecule has 0 radical (unpaired) electrons. The average molecular weight is 686 g/mol. The van der Waals surface area contributed by atoms with Crippen molar-refractivity contribution < 1.29 is 4.39 Å². The van der Waals surface area contributed by atoms with Gasteiger partial charge in [0.25, 0.3) is 0 Å². The highest BCUT2D eigenvalue weighted by molar-refractivity contribution is 6.10. The van der Waals surface area contributed by atoms with Crippen LogP contribution in [0, 0.1) is 5.82 Å². The van der Waals surface area contributed by atoms with Crippen LogP contribution in [0.2, 0.25) is 0 Å². The molecule has 7 aromatic carbocycles. The van der Waals surface area contributed by atoms with Gasteiger partial charge in [-0.2, -0.15) is 9.97 Å². The Balaban J connectivity index is 1.13. The van der Waals surface area contributed by atoms with Gasteiger partial charge < -0.3 is 4.57 Å². The Labute approximate surface area is 306 Å². The predicted octanol–water partition coefficient (Wildman–Crippen LogP) is 11.7. The summed E-state index contributed by atoms with van der Waals surface area (Å²) >= 11 is 0. The van der Waals surface area contributed by atoms with Crippen molar-refractivity contribution in [1.29, 1.82) is 0 Å². The molecule has 0 bridgehead atoms. The van der Waals surface area contributed by atoms with Crippen molar-refractivity contribution in [2.75, 3.05) is 4.90 Å². The summed E-state index contributed by atoms with van der Waals surface area (Å²) in [5, 5.41) is 2.31. The standard InChI is InChI=1S/C47H32FN5/c48-37-23-25-38(26-24-37)52-43-18-10-8-16-39(43)40-30-35(22-28-44(40)52)34-21-27-42-36(29-34)20-19-31-11-7-9-17-41(31)53(42)47-50-45(32-12-3-1-4-13-32)49-46(51-47)33-14-5-2-6-15-33/h1-18,21-30H,19-20H2. The summed E-state index contributed by atoms with van der Waals surface area (Å²) in [6.07, 6.45) is 1.75. The smallest absolute Gasteiger partial charge is 0.238 e. The van der Waals surface area contributed by atoms with Gasteiger partial charge >= 0.3 is 0 Å². The predicted molar refractivity (Wildman–Crippen MR) is 213 cm³/mol. The molecule has 0 N–H and O–H groups in total. The third kappa shape index (κ3) is 5.43. The van der Waals surface area contributed by atoms with Gasteiger partial charge in [0.2, 0.25) is 5.95 Å². The summed E-state index contributed by atoms with van der Waals surface area (Å²) in [5.74, 6) is 1.59. The molecule has 0 saturated carbocycles. The number of nitrogens with zero attached hydrogens (tertiary/aromatic N) is 5. The van der Waals surface area contributed by atoms with Crippen molar-refractivity contribution in [2.24, 2.45) is 0 Å². The Hall–Kier alpha value is -6.92. The van der Waals surface area contributed by atoms with E-state index in [0.29, 0.717) is 17.6 Å². The number of anilines is 3. The van der Waals surface area contributed by atoms with Crippen LogP contribution in [0.1, 0.15) is 11.1 Å². The lowest BCUT2D eigenvalue weighted by molar-refractivity contribution is 0.627. The molecule has 6 heteroatoms. The number of para-hydroxylation sites is 2. The average Bonchev–Trinajstić information content (AvgIpc) is 3.45. The lowest BCUT2D eigenvalue weighted by atomic mass is 9.97. The molecule has 5 nitrogen and oxygen atoms in total. The molecule has 9 aromatic rings.